The van der Waals surface area contributed by atoms with Gasteiger partial charge in [-0.2, -0.15) is 0 Å². The molecule has 1 aromatic heterocycles. The number of amides is 3. The maximum absolute atomic E-state index is 14.2. The Kier molecular flexibility index (Phi) is 18.6. The summed E-state index contributed by atoms with van der Waals surface area (Å²) < 4.78 is 58.6. The molecule has 0 spiro atoms. The first-order valence-corrected chi connectivity index (χ1v) is 24.6. The van der Waals surface area contributed by atoms with E-state index in [0.717, 1.165) is 50.0 Å². The standard InChI is InChI=1S/C50H59F3N8O8S/c1-32(54-2)46(63)60-44(33-9-4-3-5-10-33)49(65)61-21-8-15-42(61)48-59-41(30-70-48)45(62)35-12-7-14-39(28-35)68-26-25-67-24-23-66-22-20-55-47(64)36-13-6-11-34(27-36)40-29-43(57-31-56-40)58-37-16-18-38(19-17-37)69-50(51,52)53/h6-7,11-14,16-19,27-29,31-33,41-42,44,54H,3-5,8-10,15,20-26,30H2,1-2H3,(H,55,64)(H,60,63)(H,56,57,58)/t32-,41?,42-,44-/m0/s1. The largest absolute Gasteiger partial charge is 0.573 e. The molecule has 3 heterocycles. The molecule has 3 aliphatic rings. The Morgan fingerprint density at radius 1 is 0.829 bits per heavy atom. The van der Waals surface area contributed by atoms with Crippen molar-refractivity contribution in [3.63, 3.8) is 0 Å². The van der Waals surface area contributed by atoms with Crippen LogP contribution in [0.2, 0.25) is 0 Å². The lowest BCUT2D eigenvalue weighted by atomic mass is 9.83. The molecule has 1 saturated carbocycles. The third-order valence-corrected chi connectivity index (χ3v) is 13.4. The molecule has 0 radical (unpaired) electrons. The quantitative estimate of drug-likeness (QED) is 0.0439. The van der Waals surface area contributed by atoms with Crippen LogP contribution < -0.4 is 30.7 Å². The fourth-order valence-electron chi connectivity index (χ4n) is 8.53. The maximum Gasteiger partial charge on any atom is 0.573 e. The van der Waals surface area contributed by atoms with Crippen LogP contribution in [-0.4, -0.2) is 133 Å². The molecular formula is C50H59F3N8O8S. The Morgan fingerprint density at radius 2 is 1.57 bits per heavy atom. The number of likely N-dealkylation sites (tertiary alicyclic amines) is 1. The summed E-state index contributed by atoms with van der Waals surface area (Å²) in [6.45, 7) is 4.04. The number of hydrogen-bond acceptors (Lipinski definition) is 14. The summed E-state index contributed by atoms with van der Waals surface area (Å²) in [4.78, 5) is 69.0. The van der Waals surface area contributed by atoms with Gasteiger partial charge in [0.2, 0.25) is 11.8 Å². The maximum atomic E-state index is 14.2. The molecule has 1 aliphatic carbocycles. The summed E-state index contributed by atoms with van der Waals surface area (Å²) in [5.74, 6) is 0.512. The predicted molar refractivity (Wildman–Crippen MR) is 260 cm³/mol. The number of aliphatic imine (C=N–C) groups is 1. The highest BCUT2D eigenvalue weighted by Gasteiger charge is 2.42. The topological polar surface area (TPSA) is 195 Å². The highest BCUT2D eigenvalue weighted by Crippen LogP contribution is 2.34. The number of alkyl halides is 3. The second kappa shape index (κ2) is 25.2. The number of carbonyl (C=O) groups excluding carboxylic acids is 4. The van der Waals surface area contributed by atoms with Gasteiger partial charge in [0.1, 0.15) is 42.3 Å². The number of thioether (sulfide) groups is 1. The van der Waals surface area contributed by atoms with Crippen LogP contribution in [0, 0.1) is 5.92 Å². The Hall–Kier alpha value is -6.09. The van der Waals surface area contributed by atoms with Gasteiger partial charge in [-0.15, -0.1) is 24.9 Å². The van der Waals surface area contributed by atoms with Gasteiger partial charge in [-0.3, -0.25) is 24.2 Å². The molecule has 7 rings (SSSR count). The van der Waals surface area contributed by atoms with Crippen LogP contribution in [0.5, 0.6) is 11.5 Å². The molecule has 2 fully saturated rings. The average Bonchev–Trinajstić information content (AvgIpc) is 4.07. The smallest absolute Gasteiger partial charge is 0.491 e. The Morgan fingerprint density at radius 3 is 2.34 bits per heavy atom. The summed E-state index contributed by atoms with van der Waals surface area (Å²) in [6.07, 6.45) is 3.20. The number of anilines is 2. The predicted octanol–water partition coefficient (Wildman–Crippen LogP) is 6.99. The molecule has 2 aliphatic heterocycles. The van der Waals surface area contributed by atoms with Crippen molar-refractivity contribution < 1.29 is 51.3 Å². The SMILES string of the molecule is CN[C@@H](C)C(=O)N[C@H](C(=O)N1CCC[C@H]1C1=NC(C(=O)c2cccc(OCCOCCOCCNC(=O)c3cccc(-c4cc(Nc5ccc(OC(F)(F)F)cc5)ncn4)c3)c2)CS1)C1CCCCC1. The molecular weight excluding hydrogens is 930 g/mol. The van der Waals surface area contributed by atoms with E-state index >= 15 is 0 Å². The van der Waals surface area contributed by atoms with E-state index in [2.05, 4.69) is 36.0 Å². The lowest BCUT2D eigenvalue weighted by molar-refractivity contribution is -0.274. The monoisotopic (exact) mass is 988 g/mol. The lowest BCUT2D eigenvalue weighted by Gasteiger charge is -2.35. The normalized spacial score (nSPS) is 18.1. The molecule has 16 nitrogen and oxygen atoms in total. The molecule has 374 valence electrons. The molecule has 70 heavy (non-hydrogen) atoms. The van der Waals surface area contributed by atoms with Crippen molar-refractivity contribution in [1.29, 1.82) is 0 Å². The third-order valence-electron chi connectivity index (χ3n) is 12.3. The van der Waals surface area contributed by atoms with Crippen molar-refractivity contribution in [2.45, 2.75) is 82.4 Å². The molecule has 4 N–H and O–H groups in total. The summed E-state index contributed by atoms with van der Waals surface area (Å²) in [6, 6.07) is 19.0. The van der Waals surface area contributed by atoms with Crippen LogP contribution in [0.15, 0.2) is 90.2 Å². The minimum absolute atomic E-state index is 0.0558. The van der Waals surface area contributed by atoms with Gasteiger partial charge >= 0.3 is 6.36 Å². The lowest BCUT2D eigenvalue weighted by Crippen LogP contribution is -2.57. The Labute approximate surface area is 409 Å². The van der Waals surface area contributed by atoms with E-state index in [1.54, 1.807) is 68.6 Å². The summed E-state index contributed by atoms with van der Waals surface area (Å²) in [7, 11) is 1.73. The third kappa shape index (κ3) is 14.7. The van der Waals surface area contributed by atoms with E-state index in [9.17, 15) is 32.3 Å². The molecule has 3 aromatic carbocycles. The number of hydrogen-bond donors (Lipinski definition) is 4. The van der Waals surface area contributed by atoms with Gasteiger partial charge in [-0.05, 0) is 94.1 Å². The number of nitrogens with one attached hydrogen (secondary N) is 4. The van der Waals surface area contributed by atoms with Crippen LogP contribution in [-0.2, 0) is 19.1 Å². The molecule has 20 heteroatoms. The van der Waals surface area contributed by atoms with E-state index in [1.807, 2.05) is 4.90 Å². The van der Waals surface area contributed by atoms with E-state index in [0.29, 0.717) is 65.2 Å². The van der Waals surface area contributed by atoms with Crippen LogP contribution in [0.25, 0.3) is 11.3 Å². The fraction of sp³-hybridized carbons (Fsp3) is 0.460. The number of benzene rings is 3. The first-order valence-electron chi connectivity index (χ1n) is 23.6. The second-order valence-electron chi connectivity index (χ2n) is 17.2. The zero-order chi connectivity index (χ0) is 49.5. The number of likely N-dealkylation sites (N-methyl/N-ethyl adjacent to an activating group) is 1. The van der Waals surface area contributed by atoms with Crippen molar-refractivity contribution in [2.75, 3.05) is 64.2 Å². The number of carbonyl (C=O) groups is 4. The fourth-order valence-corrected chi connectivity index (χ4v) is 9.73. The van der Waals surface area contributed by atoms with Crippen molar-refractivity contribution in [3.05, 3.63) is 96.3 Å². The van der Waals surface area contributed by atoms with Crippen molar-refractivity contribution >= 4 is 51.8 Å². The number of halogens is 3. The average molecular weight is 989 g/mol. The minimum atomic E-state index is -4.78. The number of aromatic nitrogens is 2. The van der Waals surface area contributed by atoms with Crippen molar-refractivity contribution in [1.82, 2.24) is 30.8 Å². The summed E-state index contributed by atoms with van der Waals surface area (Å²) in [5, 5.41) is 12.7. The highest BCUT2D eigenvalue weighted by molar-refractivity contribution is 8.14. The molecule has 4 aromatic rings. The van der Waals surface area contributed by atoms with E-state index in [-0.39, 0.29) is 67.6 Å². The van der Waals surface area contributed by atoms with Crippen LogP contribution in [0.3, 0.4) is 0 Å². The number of ether oxygens (including phenoxy) is 4. The summed E-state index contributed by atoms with van der Waals surface area (Å²) >= 11 is 1.53. The molecule has 4 atom stereocenters. The number of rotatable bonds is 23. The molecule has 3 amide bonds. The van der Waals surface area contributed by atoms with Crippen molar-refractivity contribution in [3.8, 4) is 22.8 Å². The van der Waals surface area contributed by atoms with Crippen molar-refractivity contribution in [2.24, 2.45) is 10.9 Å². The van der Waals surface area contributed by atoms with Gasteiger partial charge in [0.05, 0.1) is 49.2 Å². The van der Waals surface area contributed by atoms with Gasteiger partial charge in [0.25, 0.3) is 5.91 Å². The van der Waals surface area contributed by atoms with Crippen LogP contribution in [0.4, 0.5) is 24.7 Å². The van der Waals surface area contributed by atoms with E-state index in [4.69, 9.17) is 19.2 Å². The second-order valence-corrected chi connectivity index (χ2v) is 18.2. The first-order chi connectivity index (χ1) is 33.8. The Balaban J connectivity index is 0.792. The number of Topliss-reactive ketones (excluding diaryl/α,β-unsaturated/α-hetero) is 1. The zero-order valence-corrected chi connectivity index (χ0v) is 40.0. The number of nitrogens with zero attached hydrogens (tertiary/aromatic N) is 4. The summed E-state index contributed by atoms with van der Waals surface area (Å²) in [5.41, 5.74) is 2.57. The van der Waals surface area contributed by atoms with Crippen LogP contribution >= 0.6 is 11.8 Å². The van der Waals surface area contributed by atoms with Crippen LogP contribution in [0.1, 0.15) is 72.6 Å². The number of ketones is 1. The first kappa shape index (κ1) is 51.8. The molecule has 1 saturated heterocycles. The minimum Gasteiger partial charge on any atom is -0.491 e. The van der Waals surface area contributed by atoms with Gasteiger partial charge < -0.3 is 45.1 Å². The molecule has 0 bridgehead atoms. The van der Waals surface area contributed by atoms with E-state index in [1.165, 1.54) is 42.4 Å². The van der Waals surface area contributed by atoms with Gasteiger partial charge in [0.15, 0.2) is 5.78 Å². The molecule has 1 unspecified atom stereocenters. The van der Waals surface area contributed by atoms with Gasteiger partial charge in [-0.25, -0.2) is 9.97 Å². The zero-order valence-electron chi connectivity index (χ0n) is 39.2. The van der Waals surface area contributed by atoms with Gasteiger partial charge in [-0.1, -0.05) is 43.5 Å². The van der Waals surface area contributed by atoms with Gasteiger partial charge in [0, 0.05) is 47.3 Å². The van der Waals surface area contributed by atoms with E-state index < -0.39 is 24.5 Å². The Bertz CT molecular complexity index is 2440. The highest BCUT2D eigenvalue weighted by atomic mass is 32.2.